The average molecular weight is 347 g/mol. The van der Waals surface area contributed by atoms with Gasteiger partial charge in [-0.15, -0.1) is 5.54 Å². The van der Waals surface area contributed by atoms with E-state index in [4.69, 9.17) is 4.74 Å². The van der Waals surface area contributed by atoms with E-state index in [0.29, 0.717) is 11.3 Å². The predicted molar refractivity (Wildman–Crippen MR) is 98.3 cm³/mol. The highest BCUT2D eigenvalue weighted by atomic mass is 28.3. The molecule has 6 heteroatoms. The van der Waals surface area contributed by atoms with Crippen molar-refractivity contribution in [2.24, 2.45) is 0 Å². The number of carboxylic acids is 1. The minimum Gasteiger partial charge on any atom is -0.478 e. The molecule has 0 radical (unpaired) electrons. The Morgan fingerprint density at radius 2 is 1.75 bits per heavy atom. The first kappa shape index (κ1) is 19.8. The van der Waals surface area contributed by atoms with Crippen molar-refractivity contribution in [3.63, 3.8) is 0 Å². The van der Waals surface area contributed by atoms with Gasteiger partial charge in [-0.25, -0.2) is 9.59 Å². The van der Waals surface area contributed by atoms with Crippen molar-refractivity contribution in [2.45, 2.75) is 46.0 Å². The molecule has 1 rings (SSSR count). The largest absolute Gasteiger partial charge is 0.478 e. The van der Waals surface area contributed by atoms with Crippen LogP contribution in [0.3, 0.4) is 0 Å². The zero-order valence-corrected chi connectivity index (χ0v) is 16.4. The van der Waals surface area contributed by atoms with Crippen LogP contribution in [-0.2, 0) is 4.74 Å². The van der Waals surface area contributed by atoms with Crippen molar-refractivity contribution in [3.8, 4) is 11.5 Å². The van der Waals surface area contributed by atoms with Gasteiger partial charge in [-0.05, 0) is 39.0 Å². The Morgan fingerprint density at radius 1 is 1.17 bits per heavy atom. The fourth-order valence-electron chi connectivity index (χ4n) is 1.70. The quantitative estimate of drug-likeness (QED) is 0.649. The van der Waals surface area contributed by atoms with Gasteiger partial charge in [0.15, 0.2) is 0 Å². The summed E-state index contributed by atoms with van der Waals surface area (Å²) in [5.74, 6) is 1.97. The van der Waals surface area contributed by atoms with E-state index in [0.717, 1.165) is 0 Å². The number of amides is 1. The first-order valence-electron chi connectivity index (χ1n) is 7.67. The van der Waals surface area contributed by atoms with Crippen LogP contribution in [0.2, 0.25) is 19.6 Å². The van der Waals surface area contributed by atoms with E-state index in [1.165, 1.54) is 17.0 Å². The molecule has 1 N–H and O–H groups in total. The number of nitrogens with zero attached hydrogens (tertiary/aromatic N) is 1. The number of aromatic carboxylic acids is 1. The number of carbonyl (C=O) groups is 2. The van der Waals surface area contributed by atoms with Gasteiger partial charge in [0.2, 0.25) is 0 Å². The number of ether oxygens (including phenoxy) is 1. The summed E-state index contributed by atoms with van der Waals surface area (Å²) < 4.78 is 5.32. The minimum atomic E-state index is -1.60. The van der Waals surface area contributed by atoms with Crippen LogP contribution in [0.5, 0.6) is 0 Å². The van der Waals surface area contributed by atoms with Crippen molar-refractivity contribution in [3.05, 3.63) is 29.3 Å². The van der Waals surface area contributed by atoms with E-state index in [1.54, 1.807) is 33.9 Å². The molecule has 0 saturated carbocycles. The number of hydrogen-bond donors (Lipinski definition) is 1. The van der Waals surface area contributed by atoms with E-state index in [2.05, 4.69) is 31.1 Å². The topological polar surface area (TPSA) is 66.8 Å². The molecule has 24 heavy (non-hydrogen) atoms. The number of carboxylic acid groups (broad SMARTS) is 1. The number of rotatable bonds is 2. The van der Waals surface area contributed by atoms with Gasteiger partial charge in [-0.1, -0.05) is 25.6 Å². The first-order valence-corrected chi connectivity index (χ1v) is 11.2. The van der Waals surface area contributed by atoms with Crippen molar-refractivity contribution >= 4 is 25.8 Å². The van der Waals surface area contributed by atoms with Crippen LogP contribution in [-0.4, -0.2) is 37.9 Å². The van der Waals surface area contributed by atoms with Gasteiger partial charge in [0.25, 0.3) is 0 Å². The van der Waals surface area contributed by atoms with E-state index in [-0.39, 0.29) is 5.56 Å². The second-order valence-corrected chi connectivity index (χ2v) is 12.4. The summed E-state index contributed by atoms with van der Waals surface area (Å²) in [6.45, 7) is 11.6. The van der Waals surface area contributed by atoms with E-state index in [1.807, 2.05) is 0 Å². The molecule has 0 aliphatic carbocycles. The lowest BCUT2D eigenvalue weighted by atomic mass is 10.1. The Labute approximate surface area is 144 Å². The molecule has 0 spiro atoms. The Balaban J connectivity index is 3.27. The first-order chi connectivity index (χ1) is 10.8. The van der Waals surface area contributed by atoms with Crippen LogP contribution < -0.4 is 4.90 Å². The van der Waals surface area contributed by atoms with Crippen LogP contribution in [0.15, 0.2) is 18.2 Å². The van der Waals surface area contributed by atoms with Gasteiger partial charge in [0.05, 0.1) is 5.56 Å². The maximum absolute atomic E-state index is 12.2. The highest BCUT2D eigenvalue weighted by Gasteiger charge is 2.21. The normalized spacial score (nSPS) is 11.3. The lowest BCUT2D eigenvalue weighted by Gasteiger charge is -2.25. The summed E-state index contributed by atoms with van der Waals surface area (Å²) >= 11 is 0. The van der Waals surface area contributed by atoms with Crippen LogP contribution >= 0.6 is 0 Å². The Bertz CT molecular complexity index is 702. The predicted octanol–water partition coefficient (Wildman–Crippen LogP) is 3.99. The summed E-state index contributed by atoms with van der Waals surface area (Å²) in [7, 11) is -0.0501. The SMILES string of the molecule is CN(C(=O)OC(C)(C)C)c1cc(C#C[Si](C)(C)C)cc(C(=O)O)c1. The van der Waals surface area contributed by atoms with Crippen LogP contribution in [0.25, 0.3) is 0 Å². The molecule has 0 aliphatic rings. The van der Waals surface area contributed by atoms with Crippen molar-refractivity contribution in [1.29, 1.82) is 0 Å². The molecule has 0 heterocycles. The minimum absolute atomic E-state index is 0.0859. The van der Waals surface area contributed by atoms with Crippen molar-refractivity contribution < 1.29 is 19.4 Å². The third-order valence-corrected chi connectivity index (χ3v) is 3.68. The second-order valence-electron chi connectivity index (χ2n) is 7.61. The maximum atomic E-state index is 12.2. The molecular formula is C18H25NO4Si. The van der Waals surface area contributed by atoms with Crippen molar-refractivity contribution in [1.82, 2.24) is 0 Å². The molecule has 0 fully saturated rings. The highest BCUT2D eigenvalue weighted by Crippen LogP contribution is 2.21. The van der Waals surface area contributed by atoms with Gasteiger partial charge in [-0.2, -0.15) is 0 Å². The fourth-order valence-corrected chi connectivity index (χ4v) is 2.22. The fraction of sp³-hybridized carbons (Fsp3) is 0.444. The van der Waals surface area contributed by atoms with E-state index >= 15 is 0 Å². The van der Waals surface area contributed by atoms with Gasteiger partial charge < -0.3 is 9.84 Å². The van der Waals surface area contributed by atoms with Gasteiger partial charge >= 0.3 is 12.1 Å². The monoisotopic (exact) mass is 347 g/mol. The molecule has 5 nitrogen and oxygen atoms in total. The van der Waals surface area contributed by atoms with E-state index < -0.39 is 25.7 Å². The molecule has 0 aromatic heterocycles. The summed E-state index contributed by atoms with van der Waals surface area (Å²) in [5, 5.41) is 9.29. The smallest absolute Gasteiger partial charge is 0.414 e. The molecule has 0 aliphatic heterocycles. The third-order valence-electron chi connectivity index (χ3n) is 2.80. The molecular weight excluding hydrogens is 322 g/mol. The maximum Gasteiger partial charge on any atom is 0.414 e. The molecule has 0 unspecified atom stereocenters. The Hall–Kier alpha value is -2.26. The standard InChI is InChI=1S/C18H25NO4Si/c1-18(2,3)23-17(22)19(4)15-11-13(8-9-24(5,6)7)10-14(12-15)16(20)21/h10-12H,1-7H3,(H,20,21). The zero-order chi connectivity index (χ0) is 18.7. The Kier molecular flexibility index (Phi) is 5.85. The van der Waals surface area contributed by atoms with Gasteiger partial charge in [0.1, 0.15) is 13.7 Å². The Morgan fingerprint density at radius 3 is 2.21 bits per heavy atom. The number of anilines is 1. The zero-order valence-electron chi connectivity index (χ0n) is 15.4. The van der Waals surface area contributed by atoms with Crippen LogP contribution in [0.1, 0.15) is 36.7 Å². The summed E-state index contributed by atoms with van der Waals surface area (Å²) in [5.41, 5.74) is 3.66. The third kappa shape index (κ3) is 6.47. The van der Waals surface area contributed by atoms with Crippen LogP contribution in [0, 0.1) is 11.5 Å². The number of hydrogen-bond acceptors (Lipinski definition) is 3. The molecule has 130 valence electrons. The van der Waals surface area contributed by atoms with Crippen molar-refractivity contribution in [2.75, 3.05) is 11.9 Å². The highest BCUT2D eigenvalue weighted by molar-refractivity contribution is 6.83. The average Bonchev–Trinajstić information content (AvgIpc) is 2.41. The summed E-state index contributed by atoms with van der Waals surface area (Å²) in [6, 6.07) is 4.65. The number of carbonyl (C=O) groups excluding carboxylic acids is 1. The lowest BCUT2D eigenvalue weighted by Crippen LogP contribution is -2.34. The molecule has 0 saturated heterocycles. The molecule has 1 aromatic rings. The molecule has 1 amide bonds. The van der Waals surface area contributed by atoms with Crippen LogP contribution in [0.4, 0.5) is 10.5 Å². The lowest BCUT2D eigenvalue weighted by molar-refractivity contribution is 0.0587. The molecule has 0 atom stereocenters. The molecule has 1 aromatic carbocycles. The van der Waals surface area contributed by atoms with Gasteiger partial charge in [0, 0.05) is 18.3 Å². The number of benzene rings is 1. The molecule has 0 bridgehead atoms. The van der Waals surface area contributed by atoms with E-state index in [9.17, 15) is 14.7 Å². The summed E-state index contributed by atoms with van der Waals surface area (Å²) in [4.78, 5) is 24.8. The van der Waals surface area contributed by atoms with Gasteiger partial charge in [-0.3, -0.25) is 4.90 Å². The second kappa shape index (κ2) is 7.10. The summed E-state index contributed by atoms with van der Waals surface area (Å²) in [6.07, 6.45) is -0.547.